The molecule has 0 aliphatic heterocycles. The van der Waals surface area contributed by atoms with E-state index < -0.39 is 0 Å². The first kappa shape index (κ1) is 16.5. The maximum absolute atomic E-state index is 5.34. The highest BCUT2D eigenvalue weighted by atomic mass is 79.9. The van der Waals surface area contributed by atoms with Gasteiger partial charge in [0, 0.05) is 13.1 Å². The van der Waals surface area contributed by atoms with Gasteiger partial charge < -0.3 is 14.8 Å². The summed E-state index contributed by atoms with van der Waals surface area (Å²) in [5.74, 6) is 2.03. The maximum atomic E-state index is 5.34. The maximum Gasteiger partial charge on any atom is 0.243 e. The SMILES string of the molecule is CCCCn1nnnc1NCc1cc(Br)c(OC)c(OC)c1. The number of nitrogens with zero attached hydrogens (tertiary/aromatic N) is 4. The predicted molar refractivity (Wildman–Crippen MR) is 87.3 cm³/mol. The first-order valence-corrected chi connectivity index (χ1v) is 7.89. The van der Waals surface area contributed by atoms with Gasteiger partial charge in [0.1, 0.15) is 0 Å². The Morgan fingerprint density at radius 3 is 2.77 bits per heavy atom. The van der Waals surface area contributed by atoms with E-state index in [4.69, 9.17) is 9.47 Å². The van der Waals surface area contributed by atoms with Crippen LogP contribution in [0.2, 0.25) is 0 Å². The van der Waals surface area contributed by atoms with Crippen LogP contribution in [-0.4, -0.2) is 34.4 Å². The Labute approximate surface area is 138 Å². The Morgan fingerprint density at radius 2 is 2.09 bits per heavy atom. The Morgan fingerprint density at radius 1 is 1.27 bits per heavy atom. The molecule has 1 heterocycles. The highest BCUT2D eigenvalue weighted by Gasteiger charge is 2.11. The lowest BCUT2D eigenvalue weighted by molar-refractivity contribution is 0.352. The molecule has 0 atom stereocenters. The second-order valence-corrected chi connectivity index (χ2v) is 5.60. The summed E-state index contributed by atoms with van der Waals surface area (Å²) in [4.78, 5) is 0. The Bertz CT molecular complexity index is 617. The molecule has 0 aliphatic rings. The number of unbranched alkanes of at least 4 members (excludes halogenated alkanes) is 1. The van der Waals surface area contributed by atoms with Crippen molar-refractivity contribution >= 4 is 21.9 Å². The van der Waals surface area contributed by atoms with E-state index in [2.05, 4.69) is 43.7 Å². The number of aryl methyl sites for hydroxylation is 1. The van der Waals surface area contributed by atoms with Crippen LogP contribution in [0.15, 0.2) is 16.6 Å². The summed E-state index contributed by atoms with van der Waals surface area (Å²) >= 11 is 3.49. The molecule has 0 bridgehead atoms. The van der Waals surface area contributed by atoms with Crippen LogP contribution in [0.3, 0.4) is 0 Å². The zero-order chi connectivity index (χ0) is 15.9. The highest BCUT2D eigenvalue weighted by molar-refractivity contribution is 9.10. The number of tetrazole rings is 1. The molecule has 0 amide bonds. The zero-order valence-electron chi connectivity index (χ0n) is 13.0. The molecule has 0 unspecified atom stereocenters. The Balaban J connectivity index is 2.09. The standard InChI is InChI=1S/C14H20BrN5O2/c1-4-5-6-20-14(17-18-19-20)16-9-10-7-11(15)13(22-3)12(8-10)21-2/h7-8H,4-6,9H2,1-3H3,(H,16,17,19). The van der Waals surface area contributed by atoms with Gasteiger partial charge in [0.05, 0.1) is 18.7 Å². The molecule has 2 rings (SSSR count). The normalized spacial score (nSPS) is 10.5. The first-order valence-electron chi connectivity index (χ1n) is 7.10. The van der Waals surface area contributed by atoms with Crippen LogP contribution in [0.25, 0.3) is 0 Å². The Hall–Kier alpha value is -1.83. The van der Waals surface area contributed by atoms with Gasteiger partial charge in [-0.25, -0.2) is 4.68 Å². The monoisotopic (exact) mass is 369 g/mol. The van der Waals surface area contributed by atoms with Crippen LogP contribution in [0.4, 0.5) is 5.95 Å². The number of benzene rings is 1. The number of nitrogens with one attached hydrogen (secondary N) is 1. The highest BCUT2D eigenvalue weighted by Crippen LogP contribution is 2.36. The van der Waals surface area contributed by atoms with Crippen LogP contribution in [0, 0.1) is 0 Å². The molecule has 0 radical (unpaired) electrons. The fraction of sp³-hybridized carbons (Fsp3) is 0.500. The topological polar surface area (TPSA) is 74.1 Å². The van der Waals surface area contributed by atoms with Crippen molar-refractivity contribution in [2.45, 2.75) is 32.9 Å². The molecular formula is C14H20BrN5O2. The summed E-state index contributed by atoms with van der Waals surface area (Å²) in [5.41, 5.74) is 1.04. The molecule has 1 aromatic heterocycles. The fourth-order valence-corrected chi connectivity index (χ4v) is 2.70. The molecule has 0 spiro atoms. The lowest BCUT2D eigenvalue weighted by Gasteiger charge is -2.12. The second kappa shape index (κ2) is 7.98. The summed E-state index contributed by atoms with van der Waals surface area (Å²) in [5, 5.41) is 14.9. The van der Waals surface area contributed by atoms with E-state index in [1.165, 1.54) is 0 Å². The van der Waals surface area contributed by atoms with Gasteiger partial charge in [0.2, 0.25) is 5.95 Å². The fourth-order valence-electron chi connectivity index (χ4n) is 2.04. The van der Waals surface area contributed by atoms with Crippen molar-refractivity contribution in [3.63, 3.8) is 0 Å². The molecule has 0 saturated heterocycles. The van der Waals surface area contributed by atoms with Crippen LogP contribution in [0.1, 0.15) is 25.3 Å². The minimum absolute atomic E-state index is 0.589. The van der Waals surface area contributed by atoms with Crippen LogP contribution in [0.5, 0.6) is 11.5 Å². The minimum Gasteiger partial charge on any atom is -0.493 e. The second-order valence-electron chi connectivity index (χ2n) is 4.75. The van der Waals surface area contributed by atoms with Gasteiger partial charge in [-0.05, 0) is 50.5 Å². The van der Waals surface area contributed by atoms with E-state index in [1.54, 1.807) is 18.9 Å². The summed E-state index contributed by atoms with van der Waals surface area (Å²) < 4.78 is 13.3. The minimum atomic E-state index is 0.589. The predicted octanol–water partition coefficient (Wildman–Crippen LogP) is 2.87. The van der Waals surface area contributed by atoms with Gasteiger partial charge in [0.15, 0.2) is 11.5 Å². The molecule has 0 aliphatic carbocycles. The van der Waals surface area contributed by atoms with Gasteiger partial charge in [-0.1, -0.05) is 18.4 Å². The Kier molecular flexibility index (Phi) is 6.00. The molecule has 1 N–H and O–H groups in total. The quantitative estimate of drug-likeness (QED) is 0.770. The summed E-state index contributed by atoms with van der Waals surface area (Å²) in [7, 11) is 3.23. The third-order valence-corrected chi connectivity index (χ3v) is 3.79. The average molecular weight is 370 g/mol. The third-order valence-electron chi connectivity index (χ3n) is 3.20. The summed E-state index contributed by atoms with van der Waals surface area (Å²) in [6.45, 7) is 3.53. The van der Waals surface area contributed by atoms with Gasteiger partial charge in [-0.3, -0.25) is 0 Å². The molecule has 0 fully saturated rings. The molecule has 22 heavy (non-hydrogen) atoms. The van der Waals surface area contributed by atoms with Crippen molar-refractivity contribution in [3.05, 3.63) is 22.2 Å². The lowest BCUT2D eigenvalue weighted by Crippen LogP contribution is -2.09. The van der Waals surface area contributed by atoms with Crippen LogP contribution < -0.4 is 14.8 Å². The van der Waals surface area contributed by atoms with Crippen molar-refractivity contribution in [1.82, 2.24) is 20.2 Å². The third kappa shape index (κ3) is 3.88. The van der Waals surface area contributed by atoms with Crippen LogP contribution >= 0.6 is 15.9 Å². The van der Waals surface area contributed by atoms with E-state index in [0.29, 0.717) is 24.0 Å². The van der Waals surface area contributed by atoms with Gasteiger partial charge in [0.25, 0.3) is 0 Å². The van der Waals surface area contributed by atoms with Gasteiger partial charge in [-0.2, -0.15) is 0 Å². The molecular weight excluding hydrogens is 350 g/mol. The van der Waals surface area contributed by atoms with E-state index in [-0.39, 0.29) is 0 Å². The molecule has 7 nitrogen and oxygen atoms in total. The molecule has 0 saturated carbocycles. The van der Waals surface area contributed by atoms with Crippen molar-refractivity contribution in [2.24, 2.45) is 0 Å². The summed E-state index contributed by atoms with van der Waals surface area (Å²) in [6.07, 6.45) is 2.14. The van der Waals surface area contributed by atoms with Crippen molar-refractivity contribution < 1.29 is 9.47 Å². The first-order chi connectivity index (χ1) is 10.7. The van der Waals surface area contributed by atoms with E-state index in [0.717, 1.165) is 29.4 Å². The van der Waals surface area contributed by atoms with Gasteiger partial charge in [-0.15, -0.1) is 0 Å². The average Bonchev–Trinajstić information content (AvgIpc) is 2.97. The number of methoxy groups -OCH3 is 2. The largest absolute Gasteiger partial charge is 0.493 e. The van der Waals surface area contributed by atoms with E-state index in [1.807, 2.05) is 12.1 Å². The number of rotatable bonds is 8. The van der Waals surface area contributed by atoms with Crippen molar-refractivity contribution in [1.29, 1.82) is 0 Å². The molecule has 1 aromatic carbocycles. The van der Waals surface area contributed by atoms with Crippen LogP contribution in [-0.2, 0) is 13.1 Å². The summed E-state index contributed by atoms with van der Waals surface area (Å²) in [6, 6.07) is 3.91. The number of halogens is 1. The lowest BCUT2D eigenvalue weighted by atomic mass is 10.2. The number of ether oxygens (including phenoxy) is 2. The molecule has 8 heteroatoms. The van der Waals surface area contributed by atoms with E-state index in [9.17, 15) is 0 Å². The molecule has 120 valence electrons. The van der Waals surface area contributed by atoms with Gasteiger partial charge >= 0.3 is 0 Å². The zero-order valence-corrected chi connectivity index (χ0v) is 14.6. The van der Waals surface area contributed by atoms with Crippen molar-refractivity contribution in [3.8, 4) is 11.5 Å². The molecule has 2 aromatic rings. The van der Waals surface area contributed by atoms with Crippen molar-refractivity contribution in [2.75, 3.05) is 19.5 Å². The number of aromatic nitrogens is 4. The number of anilines is 1. The van der Waals surface area contributed by atoms with E-state index >= 15 is 0 Å². The number of hydrogen-bond acceptors (Lipinski definition) is 6. The smallest absolute Gasteiger partial charge is 0.243 e. The number of hydrogen-bond donors (Lipinski definition) is 1.